The molecule has 0 radical (unpaired) electrons. The van der Waals surface area contributed by atoms with E-state index in [0.29, 0.717) is 16.1 Å². The van der Waals surface area contributed by atoms with Gasteiger partial charge in [0.25, 0.3) is 0 Å². The summed E-state index contributed by atoms with van der Waals surface area (Å²) in [4.78, 5) is 15.2. The minimum atomic E-state index is -4.53. The lowest BCUT2D eigenvalue weighted by Crippen LogP contribution is -2.06. The van der Waals surface area contributed by atoms with Crippen LogP contribution in [0.1, 0.15) is 11.3 Å². The van der Waals surface area contributed by atoms with Gasteiger partial charge in [0.05, 0.1) is 11.3 Å². The molecule has 0 spiro atoms. The lowest BCUT2D eigenvalue weighted by Gasteiger charge is -2.10. The molecule has 0 amide bonds. The molecule has 2 rings (SSSR count). The summed E-state index contributed by atoms with van der Waals surface area (Å²) in [6, 6.07) is 7.46. The van der Waals surface area contributed by atoms with Gasteiger partial charge in [-0.25, -0.2) is 4.79 Å². The SMILES string of the molecule is O=C(O)/C=C/c1ncc(C(F)(F)F)cc1Sc1ccc(Cl)cc1. The molecule has 8 heteroatoms. The molecule has 0 aliphatic heterocycles. The van der Waals surface area contributed by atoms with E-state index in [0.717, 1.165) is 30.0 Å². The third-order valence-corrected chi connectivity index (χ3v) is 3.94. The highest BCUT2D eigenvalue weighted by Crippen LogP contribution is 2.36. The highest BCUT2D eigenvalue weighted by Gasteiger charge is 2.31. The first-order chi connectivity index (χ1) is 10.8. The number of aromatic nitrogens is 1. The molecule has 0 fully saturated rings. The Balaban J connectivity index is 2.42. The van der Waals surface area contributed by atoms with Crippen LogP contribution in [0.25, 0.3) is 6.08 Å². The van der Waals surface area contributed by atoms with Crippen molar-refractivity contribution in [3.8, 4) is 0 Å². The van der Waals surface area contributed by atoms with Crippen molar-refractivity contribution < 1.29 is 23.1 Å². The van der Waals surface area contributed by atoms with Crippen molar-refractivity contribution in [2.75, 3.05) is 0 Å². The third kappa shape index (κ3) is 5.01. The topological polar surface area (TPSA) is 50.2 Å². The Morgan fingerprint density at radius 1 is 1.26 bits per heavy atom. The fourth-order valence-corrected chi connectivity index (χ4v) is 2.66. The predicted molar refractivity (Wildman–Crippen MR) is 81.5 cm³/mol. The summed E-state index contributed by atoms with van der Waals surface area (Å²) < 4.78 is 38.5. The van der Waals surface area contributed by atoms with Crippen LogP contribution in [-0.2, 0) is 11.0 Å². The maximum absolute atomic E-state index is 12.8. The molecule has 120 valence electrons. The standard InChI is InChI=1S/C15H9ClF3NO2S/c16-10-1-3-11(4-2-10)23-13-7-9(15(17,18)19)8-20-12(13)5-6-14(21)22/h1-8H,(H,21,22)/b6-5+. The van der Waals surface area contributed by atoms with E-state index in [4.69, 9.17) is 16.7 Å². The summed E-state index contributed by atoms with van der Waals surface area (Å²) in [6.07, 6.45) is -1.88. The number of hydrogen-bond acceptors (Lipinski definition) is 3. The van der Waals surface area contributed by atoms with Crippen molar-refractivity contribution in [2.45, 2.75) is 16.0 Å². The molecule has 0 unspecified atom stereocenters. The fourth-order valence-electron chi connectivity index (χ4n) is 1.60. The molecule has 0 saturated heterocycles. The Kier molecular flexibility index (Phi) is 5.33. The molecule has 0 atom stereocenters. The van der Waals surface area contributed by atoms with Gasteiger partial charge in [0.2, 0.25) is 0 Å². The average molecular weight is 360 g/mol. The van der Waals surface area contributed by atoms with Crippen LogP contribution in [0.3, 0.4) is 0 Å². The molecule has 3 nitrogen and oxygen atoms in total. The van der Waals surface area contributed by atoms with E-state index in [9.17, 15) is 18.0 Å². The highest BCUT2D eigenvalue weighted by molar-refractivity contribution is 7.99. The van der Waals surface area contributed by atoms with Gasteiger partial charge in [-0.15, -0.1) is 0 Å². The number of benzene rings is 1. The summed E-state index contributed by atoms with van der Waals surface area (Å²) in [5.74, 6) is -1.21. The molecule has 0 saturated carbocycles. The normalized spacial score (nSPS) is 11.8. The first-order valence-electron chi connectivity index (χ1n) is 6.17. The van der Waals surface area contributed by atoms with Gasteiger partial charge in [-0.3, -0.25) is 4.98 Å². The number of carboxylic acid groups (broad SMARTS) is 1. The van der Waals surface area contributed by atoms with Crippen LogP contribution in [0, 0.1) is 0 Å². The molecule has 23 heavy (non-hydrogen) atoms. The maximum Gasteiger partial charge on any atom is 0.417 e. The summed E-state index contributed by atoms with van der Waals surface area (Å²) in [7, 11) is 0. The van der Waals surface area contributed by atoms with Gasteiger partial charge in [0, 0.05) is 27.1 Å². The molecule has 0 aliphatic rings. The fraction of sp³-hybridized carbons (Fsp3) is 0.0667. The summed E-state index contributed by atoms with van der Waals surface area (Å²) >= 11 is 6.81. The Bertz CT molecular complexity index is 745. The number of carboxylic acids is 1. The Morgan fingerprint density at radius 3 is 2.48 bits per heavy atom. The maximum atomic E-state index is 12.8. The predicted octanol–water partition coefficient (Wildman–Crippen LogP) is 5.00. The monoisotopic (exact) mass is 359 g/mol. The first kappa shape index (κ1) is 17.4. The Morgan fingerprint density at radius 2 is 1.91 bits per heavy atom. The molecular formula is C15H9ClF3NO2S. The molecule has 1 heterocycles. The number of hydrogen-bond donors (Lipinski definition) is 1. The van der Waals surface area contributed by atoms with E-state index >= 15 is 0 Å². The number of nitrogens with zero attached hydrogens (tertiary/aromatic N) is 1. The molecular weight excluding hydrogens is 351 g/mol. The van der Waals surface area contributed by atoms with Crippen molar-refractivity contribution in [1.82, 2.24) is 4.98 Å². The van der Waals surface area contributed by atoms with E-state index in [1.807, 2.05) is 0 Å². The van der Waals surface area contributed by atoms with Crippen molar-refractivity contribution in [3.05, 3.63) is 58.9 Å². The van der Waals surface area contributed by atoms with Gasteiger partial charge < -0.3 is 5.11 Å². The number of halogens is 4. The van der Waals surface area contributed by atoms with E-state index in [1.165, 1.54) is 0 Å². The zero-order chi connectivity index (χ0) is 17.0. The van der Waals surface area contributed by atoms with Crippen LogP contribution < -0.4 is 0 Å². The Hall–Kier alpha value is -1.99. The molecule has 0 aliphatic carbocycles. The van der Waals surface area contributed by atoms with Crippen LogP contribution >= 0.6 is 23.4 Å². The molecule has 0 bridgehead atoms. The highest BCUT2D eigenvalue weighted by atomic mass is 35.5. The zero-order valence-corrected chi connectivity index (χ0v) is 12.9. The van der Waals surface area contributed by atoms with Crippen LogP contribution in [0.2, 0.25) is 5.02 Å². The van der Waals surface area contributed by atoms with Gasteiger partial charge >= 0.3 is 12.1 Å². The summed E-state index contributed by atoms with van der Waals surface area (Å²) in [5.41, 5.74) is -0.762. The molecule has 1 aromatic heterocycles. The quantitative estimate of drug-likeness (QED) is 0.780. The van der Waals surface area contributed by atoms with Crippen LogP contribution in [0.4, 0.5) is 13.2 Å². The van der Waals surface area contributed by atoms with Crippen LogP contribution in [0.5, 0.6) is 0 Å². The minimum Gasteiger partial charge on any atom is -0.478 e. The van der Waals surface area contributed by atoms with Crippen LogP contribution in [-0.4, -0.2) is 16.1 Å². The van der Waals surface area contributed by atoms with Gasteiger partial charge in [-0.2, -0.15) is 13.2 Å². The van der Waals surface area contributed by atoms with Gasteiger partial charge in [-0.1, -0.05) is 23.4 Å². The number of pyridine rings is 1. The number of carbonyl (C=O) groups is 1. The van der Waals surface area contributed by atoms with E-state index < -0.39 is 17.7 Å². The van der Waals surface area contributed by atoms with Crippen molar-refractivity contribution >= 4 is 35.4 Å². The van der Waals surface area contributed by atoms with Crippen LogP contribution in [0.15, 0.2) is 52.4 Å². The lowest BCUT2D eigenvalue weighted by molar-refractivity contribution is -0.138. The second kappa shape index (κ2) is 7.06. The van der Waals surface area contributed by atoms with Crippen molar-refractivity contribution in [2.24, 2.45) is 0 Å². The lowest BCUT2D eigenvalue weighted by atomic mass is 10.2. The third-order valence-electron chi connectivity index (χ3n) is 2.63. The van der Waals surface area contributed by atoms with E-state index in [1.54, 1.807) is 24.3 Å². The summed E-state index contributed by atoms with van der Waals surface area (Å²) in [6.45, 7) is 0. The number of rotatable bonds is 4. The number of alkyl halides is 3. The largest absolute Gasteiger partial charge is 0.478 e. The van der Waals surface area contributed by atoms with Gasteiger partial charge in [0.15, 0.2) is 0 Å². The molecule has 1 aromatic carbocycles. The minimum absolute atomic E-state index is 0.139. The van der Waals surface area contributed by atoms with Gasteiger partial charge in [-0.05, 0) is 36.4 Å². The average Bonchev–Trinajstić information content (AvgIpc) is 2.47. The number of aliphatic carboxylic acids is 1. The first-order valence-corrected chi connectivity index (χ1v) is 7.37. The summed E-state index contributed by atoms with van der Waals surface area (Å²) in [5, 5.41) is 9.16. The Labute approximate surface area is 138 Å². The molecule has 2 aromatic rings. The van der Waals surface area contributed by atoms with E-state index in [2.05, 4.69) is 4.98 Å². The van der Waals surface area contributed by atoms with Crippen molar-refractivity contribution in [3.63, 3.8) is 0 Å². The second-order valence-corrected chi connectivity index (χ2v) is 5.88. The smallest absolute Gasteiger partial charge is 0.417 e. The molecule has 1 N–H and O–H groups in total. The van der Waals surface area contributed by atoms with Gasteiger partial charge in [0.1, 0.15) is 0 Å². The second-order valence-electron chi connectivity index (χ2n) is 4.33. The van der Waals surface area contributed by atoms with E-state index in [-0.39, 0.29) is 10.6 Å². The zero-order valence-electron chi connectivity index (χ0n) is 11.3. The van der Waals surface area contributed by atoms with Crippen molar-refractivity contribution in [1.29, 1.82) is 0 Å².